The summed E-state index contributed by atoms with van der Waals surface area (Å²) in [5.74, 6) is 1.00. The molecular weight excluding hydrogens is 260 g/mol. The average molecular weight is 288 g/mol. The topological polar surface area (TPSA) is 46.3 Å². The maximum Gasteiger partial charge on any atom is 0.223 e. The van der Waals surface area contributed by atoms with Gasteiger partial charge in [-0.05, 0) is 49.7 Å². The smallest absolute Gasteiger partial charge is 0.223 e. The highest BCUT2D eigenvalue weighted by atomic mass is 16.2. The molecule has 0 bridgehead atoms. The molecule has 0 unspecified atom stereocenters. The summed E-state index contributed by atoms with van der Waals surface area (Å²) in [6.07, 6.45) is 2.82. The molecular formula is C18H28N2O. The van der Waals surface area contributed by atoms with Crippen LogP contribution in [0.1, 0.15) is 50.2 Å². The van der Waals surface area contributed by atoms with Gasteiger partial charge in [0.2, 0.25) is 5.91 Å². The van der Waals surface area contributed by atoms with E-state index < -0.39 is 0 Å². The van der Waals surface area contributed by atoms with Gasteiger partial charge in [-0.15, -0.1) is 0 Å². The predicted molar refractivity (Wildman–Crippen MR) is 87.2 cm³/mol. The first-order chi connectivity index (χ1) is 9.99. The van der Waals surface area contributed by atoms with E-state index >= 15 is 0 Å². The van der Waals surface area contributed by atoms with Gasteiger partial charge in [0.1, 0.15) is 0 Å². The summed E-state index contributed by atoms with van der Waals surface area (Å²) in [5.41, 5.74) is 8.56. The summed E-state index contributed by atoms with van der Waals surface area (Å²) in [6, 6.07) is 8.52. The van der Waals surface area contributed by atoms with E-state index in [1.807, 2.05) is 11.0 Å². The Bertz CT molecular complexity index is 484. The number of aryl methyl sites for hydroxylation is 1. The molecule has 3 nitrogen and oxygen atoms in total. The molecule has 1 saturated heterocycles. The number of nitrogens with zero attached hydrogens (tertiary/aromatic N) is 1. The van der Waals surface area contributed by atoms with E-state index in [-0.39, 0.29) is 17.9 Å². The molecule has 2 rings (SSSR count). The minimum Gasteiger partial charge on any atom is -0.342 e. The number of carbonyl (C=O) groups is 1. The highest BCUT2D eigenvalue weighted by molar-refractivity contribution is 5.77. The summed E-state index contributed by atoms with van der Waals surface area (Å²) >= 11 is 0. The summed E-state index contributed by atoms with van der Waals surface area (Å²) < 4.78 is 0. The number of amides is 1. The first-order valence-electron chi connectivity index (χ1n) is 8.08. The van der Waals surface area contributed by atoms with Crippen LogP contribution in [0.3, 0.4) is 0 Å². The van der Waals surface area contributed by atoms with Gasteiger partial charge in [0.05, 0.1) is 0 Å². The molecule has 1 heterocycles. The number of hydrogen-bond donors (Lipinski definition) is 1. The zero-order valence-electron chi connectivity index (χ0n) is 13.5. The quantitative estimate of drug-likeness (QED) is 0.925. The molecule has 1 amide bonds. The SMILES string of the molecule is Cc1ccccc1[C@H](C)CC(=O)N1CCC[C@@H]([C@@H](C)N)C1. The Balaban J connectivity index is 1.96. The van der Waals surface area contributed by atoms with Gasteiger partial charge in [-0.2, -0.15) is 0 Å². The molecule has 116 valence electrons. The van der Waals surface area contributed by atoms with Gasteiger partial charge in [-0.3, -0.25) is 4.79 Å². The van der Waals surface area contributed by atoms with Crippen LogP contribution in [0.2, 0.25) is 0 Å². The highest BCUT2D eigenvalue weighted by Gasteiger charge is 2.26. The van der Waals surface area contributed by atoms with Crippen LogP contribution in [0.15, 0.2) is 24.3 Å². The predicted octanol–water partition coefficient (Wildman–Crippen LogP) is 3.07. The van der Waals surface area contributed by atoms with Crippen molar-refractivity contribution in [2.75, 3.05) is 13.1 Å². The number of nitrogens with two attached hydrogens (primary N) is 1. The Morgan fingerprint density at radius 1 is 1.38 bits per heavy atom. The van der Waals surface area contributed by atoms with Crippen molar-refractivity contribution < 1.29 is 4.79 Å². The maximum atomic E-state index is 12.5. The van der Waals surface area contributed by atoms with E-state index in [0.717, 1.165) is 25.9 Å². The normalized spacial score (nSPS) is 21.9. The average Bonchev–Trinajstić information content (AvgIpc) is 2.47. The van der Waals surface area contributed by atoms with Crippen LogP contribution < -0.4 is 5.73 Å². The lowest BCUT2D eigenvalue weighted by Gasteiger charge is -2.35. The Morgan fingerprint density at radius 2 is 2.10 bits per heavy atom. The van der Waals surface area contributed by atoms with Crippen LogP contribution in [0.4, 0.5) is 0 Å². The van der Waals surface area contributed by atoms with Gasteiger partial charge in [-0.1, -0.05) is 31.2 Å². The van der Waals surface area contributed by atoms with E-state index in [4.69, 9.17) is 5.73 Å². The third-order valence-corrected chi connectivity index (χ3v) is 4.75. The van der Waals surface area contributed by atoms with Crippen molar-refractivity contribution in [1.82, 2.24) is 4.90 Å². The Morgan fingerprint density at radius 3 is 2.76 bits per heavy atom. The molecule has 0 saturated carbocycles. The second-order valence-electron chi connectivity index (χ2n) is 6.56. The lowest BCUT2D eigenvalue weighted by Crippen LogP contribution is -2.45. The van der Waals surface area contributed by atoms with Gasteiger partial charge in [0.15, 0.2) is 0 Å². The van der Waals surface area contributed by atoms with Gasteiger partial charge >= 0.3 is 0 Å². The van der Waals surface area contributed by atoms with Crippen molar-refractivity contribution in [3.05, 3.63) is 35.4 Å². The fourth-order valence-corrected chi connectivity index (χ4v) is 3.31. The fraction of sp³-hybridized carbons (Fsp3) is 0.611. The first kappa shape index (κ1) is 16.0. The van der Waals surface area contributed by atoms with Crippen LogP contribution in [0.5, 0.6) is 0 Å². The van der Waals surface area contributed by atoms with Crippen molar-refractivity contribution in [2.45, 2.75) is 52.0 Å². The van der Waals surface area contributed by atoms with Crippen molar-refractivity contribution in [3.63, 3.8) is 0 Å². The number of likely N-dealkylation sites (tertiary alicyclic amines) is 1. The van der Waals surface area contributed by atoms with Crippen molar-refractivity contribution in [1.29, 1.82) is 0 Å². The van der Waals surface area contributed by atoms with Gasteiger partial charge < -0.3 is 10.6 Å². The van der Waals surface area contributed by atoms with Crippen LogP contribution in [0, 0.1) is 12.8 Å². The number of rotatable bonds is 4. The summed E-state index contributed by atoms with van der Waals surface area (Å²) in [6.45, 7) is 8.03. The monoisotopic (exact) mass is 288 g/mol. The van der Waals surface area contributed by atoms with E-state index in [1.165, 1.54) is 11.1 Å². The number of benzene rings is 1. The summed E-state index contributed by atoms with van der Waals surface area (Å²) in [4.78, 5) is 14.6. The lowest BCUT2D eigenvalue weighted by molar-refractivity contribution is -0.133. The second kappa shape index (κ2) is 7.08. The summed E-state index contributed by atoms with van der Waals surface area (Å²) in [5, 5.41) is 0. The minimum atomic E-state index is 0.175. The van der Waals surface area contributed by atoms with Crippen molar-refractivity contribution >= 4 is 5.91 Å². The summed E-state index contributed by atoms with van der Waals surface area (Å²) in [7, 11) is 0. The zero-order valence-corrected chi connectivity index (χ0v) is 13.5. The van der Waals surface area contributed by atoms with Gasteiger partial charge in [0, 0.05) is 25.6 Å². The molecule has 1 aliphatic rings. The molecule has 0 radical (unpaired) electrons. The second-order valence-corrected chi connectivity index (χ2v) is 6.56. The van der Waals surface area contributed by atoms with Crippen LogP contribution >= 0.6 is 0 Å². The zero-order chi connectivity index (χ0) is 15.4. The number of carbonyl (C=O) groups excluding carboxylic acids is 1. The van der Waals surface area contributed by atoms with Crippen LogP contribution in [-0.2, 0) is 4.79 Å². The molecule has 3 heteroatoms. The largest absolute Gasteiger partial charge is 0.342 e. The minimum absolute atomic E-state index is 0.175. The molecule has 2 N–H and O–H groups in total. The first-order valence-corrected chi connectivity index (χ1v) is 8.08. The van der Waals surface area contributed by atoms with E-state index in [1.54, 1.807) is 0 Å². The number of hydrogen-bond acceptors (Lipinski definition) is 2. The molecule has 0 spiro atoms. The van der Waals surface area contributed by atoms with E-state index in [0.29, 0.717) is 12.3 Å². The third kappa shape index (κ3) is 4.07. The lowest BCUT2D eigenvalue weighted by atomic mass is 9.90. The molecule has 1 aromatic rings. The van der Waals surface area contributed by atoms with Crippen molar-refractivity contribution in [2.24, 2.45) is 11.7 Å². The molecule has 1 fully saturated rings. The Labute approximate surface area is 128 Å². The van der Waals surface area contributed by atoms with Crippen molar-refractivity contribution in [3.8, 4) is 0 Å². The molecule has 0 aromatic heterocycles. The molecule has 1 aromatic carbocycles. The van der Waals surface area contributed by atoms with Crippen LogP contribution in [0.25, 0.3) is 0 Å². The Kier molecular flexibility index (Phi) is 5.40. The van der Waals surface area contributed by atoms with Crippen LogP contribution in [-0.4, -0.2) is 29.9 Å². The van der Waals surface area contributed by atoms with E-state index in [9.17, 15) is 4.79 Å². The molecule has 1 aliphatic heterocycles. The maximum absolute atomic E-state index is 12.5. The third-order valence-electron chi connectivity index (χ3n) is 4.75. The molecule has 3 atom stereocenters. The highest BCUT2D eigenvalue weighted by Crippen LogP contribution is 2.25. The van der Waals surface area contributed by atoms with Gasteiger partial charge in [0.25, 0.3) is 0 Å². The van der Waals surface area contributed by atoms with E-state index in [2.05, 4.69) is 39.0 Å². The Hall–Kier alpha value is -1.35. The molecule has 0 aliphatic carbocycles. The number of piperidine rings is 1. The molecule has 21 heavy (non-hydrogen) atoms. The fourth-order valence-electron chi connectivity index (χ4n) is 3.31. The standard InChI is InChI=1S/C18H28N2O/c1-13-7-4-5-9-17(13)14(2)11-18(21)20-10-6-8-16(12-20)15(3)19/h4-5,7,9,14-16H,6,8,10-12,19H2,1-3H3/t14-,15-,16-/m1/s1. The van der Waals surface area contributed by atoms with Gasteiger partial charge in [-0.25, -0.2) is 0 Å².